The molecule has 1 amide bonds. The molecule has 0 radical (unpaired) electrons. The Morgan fingerprint density at radius 2 is 2.00 bits per heavy atom. The Labute approximate surface area is 152 Å². The van der Waals surface area contributed by atoms with E-state index in [1.54, 1.807) is 6.92 Å². The Balaban J connectivity index is 2.16. The van der Waals surface area contributed by atoms with Gasteiger partial charge in [0.05, 0.1) is 17.6 Å². The molecule has 9 heteroatoms. The number of non-ortho nitro benzene ring substituents is 1. The summed E-state index contributed by atoms with van der Waals surface area (Å²) in [4.78, 5) is 34.1. The van der Waals surface area contributed by atoms with E-state index in [1.165, 1.54) is 43.5 Å². The largest absolute Gasteiger partial charge is 0.465 e. The van der Waals surface area contributed by atoms with E-state index in [9.17, 15) is 25.0 Å². The van der Waals surface area contributed by atoms with Crippen LogP contribution in [0.4, 0.5) is 10.7 Å². The third-order valence-electron chi connectivity index (χ3n) is 3.40. The van der Waals surface area contributed by atoms with E-state index in [-0.39, 0.29) is 21.1 Å². The zero-order valence-electron chi connectivity index (χ0n) is 13.8. The number of nitriles is 1. The molecule has 0 spiro atoms. The summed E-state index contributed by atoms with van der Waals surface area (Å²) in [6.07, 6.45) is 2.71. The van der Waals surface area contributed by atoms with Crippen LogP contribution in [0.2, 0.25) is 0 Å². The summed E-state index contributed by atoms with van der Waals surface area (Å²) in [5, 5.41) is 22.7. The second-order valence-corrected chi connectivity index (χ2v) is 6.06. The van der Waals surface area contributed by atoms with Gasteiger partial charge in [0, 0.05) is 18.2 Å². The van der Waals surface area contributed by atoms with E-state index in [0.717, 1.165) is 11.3 Å². The molecule has 1 aromatic carbocycles. The molecule has 0 saturated heterocycles. The SMILES string of the molecule is COC(=O)c1sc(NC(=O)/C=C/c2ccc([N+](=O)[O-])cc2)c(C#N)c1C. The number of rotatable bonds is 5. The molecule has 1 heterocycles. The maximum Gasteiger partial charge on any atom is 0.348 e. The van der Waals surface area contributed by atoms with Crippen molar-refractivity contribution in [3.8, 4) is 6.07 Å². The smallest absolute Gasteiger partial charge is 0.348 e. The number of esters is 1. The van der Waals surface area contributed by atoms with E-state index >= 15 is 0 Å². The number of hydrogen-bond acceptors (Lipinski definition) is 7. The van der Waals surface area contributed by atoms with Crippen LogP contribution in [0.15, 0.2) is 30.3 Å². The van der Waals surface area contributed by atoms with Crippen LogP contribution < -0.4 is 5.32 Å². The zero-order chi connectivity index (χ0) is 19.3. The summed E-state index contributed by atoms with van der Waals surface area (Å²) in [6, 6.07) is 7.63. The molecular weight excluding hydrogens is 358 g/mol. The van der Waals surface area contributed by atoms with E-state index in [4.69, 9.17) is 0 Å². The maximum absolute atomic E-state index is 12.1. The summed E-state index contributed by atoms with van der Waals surface area (Å²) in [5.74, 6) is -1.08. The number of benzene rings is 1. The molecule has 26 heavy (non-hydrogen) atoms. The molecule has 8 nitrogen and oxygen atoms in total. The van der Waals surface area contributed by atoms with Gasteiger partial charge >= 0.3 is 5.97 Å². The number of carbonyl (C=O) groups is 2. The first-order chi connectivity index (χ1) is 12.4. The Morgan fingerprint density at radius 3 is 2.54 bits per heavy atom. The number of anilines is 1. The average molecular weight is 371 g/mol. The van der Waals surface area contributed by atoms with Crippen LogP contribution in [-0.2, 0) is 9.53 Å². The molecule has 0 atom stereocenters. The molecule has 1 aromatic heterocycles. The van der Waals surface area contributed by atoms with Crippen LogP contribution in [0.3, 0.4) is 0 Å². The predicted molar refractivity (Wildman–Crippen MR) is 95.9 cm³/mol. The van der Waals surface area contributed by atoms with Crippen LogP contribution in [0.5, 0.6) is 0 Å². The van der Waals surface area contributed by atoms with Gasteiger partial charge in [-0.2, -0.15) is 5.26 Å². The lowest BCUT2D eigenvalue weighted by atomic mass is 10.1. The van der Waals surface area contributed by atoms with Crippen molar-refractivity contribution in [2.75, 3.05) is 12.4 Å². The fraction of sp³-hybridized carbons (Fsp3) is 0.118. The van der Waals surface area contributed by atoms with E-state index < -0.39 is 16.8 Å². The zero-order valence-corrected chi connectivity index (χ0v) is 14.6. The third-order valence-corrected chi connectivity index (χ3v) is 4.58. The summed E-state index contributed by atoms with van der Waals surface area (Å²) < 4.78 is 4.65. The summed E-state index contributed by atoms with van der Waals surface area (Å²) in [5.41, 5.74) is 1.20. The Hall–Kier alpha value is -3.51. The lowest BCUT2D eigenvalue weighted by molar-refractivity contribution is -0.384. The molecule has 0 fully saturated rings. The highest BCUT2D eigenvalue weighted by Gasteiger charge is 2.21. The molecule has 132 valence electrons. The quantitative estimate of drug-likeness (QED) is 0.372. The van der Waals surface area contributed by atoms with Crippen molar-refractivity contribution in [2.24, 2.45) is 0 Å². The Bertz CT molecular complexity index is 939. The monoisotopic (exact) mass is 371 g/mol. The second kappa shape index (κ2) is 8.04. The number of hydrogen-bond donors (Lipinski definition) is 1. The van der Waals surface area contributed by atoms with Crippen LogP contribution in [0.25, 0.3) is 6.08 Å². The van der Waals surface area contributed by atoms with Crippen LogP contribution in [0, 0.1) is 28.4 Å². The van der Waals surface area contributed by atoms with Gasteiger partial charge < -0.3 is 10.1 Å². The topological polar surface area (TPSA) is 122 Å². The van der Waals surface area contributed by atoms with E-state index in [2.05, 4.69) is 10.1 Å². The first-order valence-corrected chi connectivity index (χ1v) is 8.04. The second-order valence-electron chi connectivity index (χ2n) is 5.03. The average Bonchev–Trinajstić information content (AvgIpc) is 2.94. The molecule has 0 unspecified atom stereocenters. The van der Waals surface area contributed by atoms with Crippen molar-refractivity contribution in [3.05, 3.63) is 62.0 Å². The standard InChI is InChI=1S/C17H13N3O5S/c1-10-13(9-18)16(26-15(10)17(22)25-2)19-14(21)8-5-11-3-6-12(7-4-11)20(23)24/h3-8H,1-2H3,(H,19,21)/b8-5+. The van der Waals surface area contributed by atoms with Gasteiger partial charge in [0.2, 0.25) is 5.91 Å². The van der Waals surface area contributed by atoms with Crippen LogP contribution in [0.1, 0.15) is 26.4 Å². The van der Waals surface area contributed by atoms with Crippen molar-refractivity contribution in [1.29, 1.82) is 5.26 Å². The normalized spacial score (nSPS) is 10.3. The van der Waals surface area contributed by atoms with E-state index in [1.807, 2.05) is 6.07 Å². The van der Waals surface area contributed by atoms with Gasteiger partial charge in [0.1, 0.15) is 15.9 Å². The molecule has 0 aliphatic heterocycles. The number of carbonyl (C=O) groups excluding carboxylic acids is 2. The fourth-order valence-electron chi connectivity index (χ4n) is 2.06. The number of methoxy groups -OCH3 is 1. The highest BCUT2D eigenvalue weighted by Crippen LogP contribution is 2.32. The minimum absolute atomic E-state index is 0.0466. The molecule has 0 bridgehead atoms. The highest BCUT2D eigenvalue weighted by atomic mass is 32.1. The molecular formula is C17H13N3O5S. The summed E-state index contributed by atoms with van der Waals surface area (Å²) in [7, 11) is 1.23. The lowest BCUT2D eigenvalue weighted by Crippen LogP contribution is -2.07. The third kappa shape index (κ3) is 4.12. The van der Waals surface area contributed by atoms with Gasteiger partial charge in [-0.25, -0.2) is 4.79 Å². The van der Waals surface area contributed by atoms with E-state index in [0.29, 0.717) is 11.1 Å². The van der Waals surface area contributed by atoms with Crippen molar-refractivity contribution in [3.63, 3.8) is 0 Å². The molecule has 2 aromatic rings. The summed E-state index contributed by atoms with van der Waals surface area (Å²) >= 11 is 0.961. The van der Waals surface area contributed by atoms with Crippen molar-refractivity contribution in [1.82, 2.24) is 0 Å². The predicted octanol–water partition coefficient (Wildman–Crippen LogP) is 3.27. The molecule has 0 aliphatic carbocycles. The molecule has 2 rings (SSSR count). The number of amides is 1. The maximum atomic E-state index is 12.1. The first-order valence-electron chi connectivity index (χ1n) is 7.22. The Morgan fingerprint density at radius 1 is 1.35 bits per heavy atom. The fourth-order valence-corrected chi connectivity index (χ4v) is 3.13. The number of nitrogens with zero attached hydrogens (tertiary/aromatic N) is 2. The van der Waals surface area contributed by atoms with Crippen LogP contribution in [-0.4, -0.2) is 23.9 Å². The number of nitrogens with one attached hydrogen (secondary N) is 1. The Kier molecular flexibility index (Phi) is 5.82. The van der Waals surface area contributed by atoms with Gasteiger partial charge in [-0.3, -0.25) is 14.9 Å². The van der Waals surface area contributed by atoms with Gasteiger partial charge in [-0.1, -0.05) is 0 Å². The van der Waals surface area contributed by atoms with Crippen LogP contribution >= 0.6 is 11.3 Å². The van der Waals surface area contributed by atoms with Crippen molar-refractivity contribution < 1.29 is 19.2 Å². The minimum atomic E-state index is -0.578. The number of nitro groups is 1. The number of ether oxygens (including phenoxy) is 1. The van der Waals surface area contributed by atoms with Gasteiger partial charge in [-0.15, -0.1) is 11.3 Å². The van der Waals surface area contributed by atoms with Gasteiger partial charge in [0.25, 0.3) is 5.69 Å². The van der Waals surface area contributed by atoms with Gasteiger partial charge in [0.15, 0.2) is 0 Å². The molecule has 0 aliphatic rings. The molecule has 0 saturated carbocycles. The highest BCUT2D eigenvalue weighted by molar-refractivity contribution is 7.18. The molecule has 1 N–H and O–H groups in total. The summed E-state index contributed by atoms with van der Waals surface area (Å²) in [6.45, 7) is 1.60. The number of nitro benzene ring substituents is 1. The van der Waals surface area contributed by atoms with Crippen molar-refractivity contribution >= 4 is 40.0 Å². The van der Waals surface area contributed by atoms with Crippen molar-refractivity contribution in [2.45, 2.75) is 6.92 Å². The first kappa shape index (κ1) is 18.8. The minimum Gasteiger partial charge on any atom is -0.465 e. The number of thiophene rings is 1. The lowest BCUT2D eigenvalue weighted by Gasteiger charge is -1.99. The van der Waals surface area contributed by atoms with Gasteiger partial charge in [-0.05, 0) is 36.3 Å².